The molecular formula is C41H46N2O11. The Bertz CT molecular complexity index is 1810. The Morgan fingerprint density at radius 3 is 2.09 bits per heavy atom. The average molecular weight is 743 g/mol. The van der Waals surface area contributed by atoms with Gasteiger partial charge >= 0.3 is 17.9 Å². The van der Waals surface area contributed by atoms with Gasteiger partial charge in [-0.25, -0.2) is 0 Å². The molecule has 0 bridgehead atoms. The van der Waals surface area contributed by atoms with E-state index in [9.17, 15) is 33.6 Å². The van der Waals surface area contributed by atoms with E-state index < -0.39 is 71.4 Å². The van der Waals surface area contributed by atoms with Crippen LogP contribution in [0, 0.1) is 17.8 Å². The summed E-state index contributed by atoms with van der Waals surface area (Å²) in [6.45, 7) is 4.50. The van der Waals surface area contributed by atoms with Gasteiger partial charge in [-0.2, -0.15) is 0 Å². The Morgan fingerprint density at radius 1 is 0.833 bits per heavy atom. The Balaban J connectivity index is 1.44. The summed E-state index contributed by atoms with van der Waals surface area (Å²) in [4.78, 5) is 96.7. The number of ketones is 4. The summed E-state index contributed by atoms with van der Waals surface area (Å²) in [5.41, 5.74) is 1.68. The number of nitrogens with one attached hydrogen (secondary N) is 1. The lowest BCUT2D eigenvalue weighted by atomic mass is 9.81. The van der Waals surface area contributed by atoms with Crippen LogP contribution in [-0.4, -0.2) is 65.3 Å². The first-order chi connectivity index (χ1) is 25.9. The number of nitrogens with zero attached hydrogens (tertiary/aromatic N) is 1. The zero-order chi connectivity index (χ0) is 39.2. The monoisotopic (exact) mass is 742 g/mol. The number of rotatable bonds is 16. The highest BCUT2D eigenvalue weighted by Gasteiger charge is 2.46. The van der Waals surface area contributed by atoms with E-state index in [4.69, 9.17) is 18.9 Å². The third-order valence-corrected chi connectivity index (χ3v) is 9.03. The van der Waals surface area contributed by atoms with E-state index >= 15 is 0 Å². The predicted octanol–water partition coefficient (Wildman–Crippen LogP) is 4.50. The molecule has 0 amide bonds. The van der Waals surface area contributed by atoms with Gasteiger partial charge < -0.3 is 24.3 Å². The number of methoxy groups -OCH3 is 1. The first-order valence-electron chi connectivity index (χ1n) is 17.9. The standard InChI is InChI=1S/C41H46N2O11/c1-25(2)41(50)54-39-26(3)36(47)38(49)30(22-32(44)37(48)29(39)21-27-13-7-5-8-14-27)43-23-31-40(33(51-4)19-20-42-31)53-35(46)18-12-11-17-34(45)52-24-28-15-9-6-10-16-28/h5-10,13-16,19-20,25-26,29-30,39,43H,11-12,17-18,21-24H2,1-4H3/t26-,29+,30+,39-/m1/s1. The number of hydrogen-bond donors (Lipinski definition) is 1. The van der Waals surface area contributed by atoms with Crippen LogP contribution in [0.4, 0.5) is 0 Å². The number of benzene rings is 2. The highest BCUT2D eigenvalue weighted by atomic mass is 16.6. The molecule has 1 aromatic heterocycles. The molecule has 1 aliphatic carbocycles. The lowest BCUT2D eigenvalue weighted by molar-refractivity contribution is -0.163. The van der Waals surface area contributed by atoms with E-state index in [1.165, 1.54) is 26.3 Å². The summed E-state index contributed by atoms with van der Waals surface area (Å²) in [6, 6.07) is 18.1. The van der Waals surface area contributed by atoms with E-state index in [1.807, 2.05) is 30.3 Å². The third kappa shape index (κ3) is 11.5. The van der Waals surface area contributed by atoms with E-state index in [0.29, 0.717) is 18.4 Å². The minimum atomic E-state index is -1.44. The lowest BCUT2D eigenvalue weighted by Gasteiger charge is -2.29. The van der Waals surface area contributed by atoms with Crippen LogP contribution in [0.3, 0.4) is 0 Å². The van der Waals surface area contributed by atoms with Gasteiger partial charge in [-0.05, 0) is 30.4 Å². The number of unbranched alkanes of at least 4 members (excludes halogenated alkanes) is 1. The molecule has 0 unspecified atom stereocenters. The highest BCUT2D eigenvalue weighted by Crippen LogP contribution is 2.31. The van der Waals surface area contributed by atoms with Crippen molar-refractivity contribution in [1.82, 2.24) is 10.3 Å². The van der Waals surface area contributed by atoms with Crippen LogP contribution in [0.1, 0.15) is 69.7 Å². The first-order valence-corrected chi connectivity index (χ1v) is 17.9. The third-order valence-electron chi connectivity index (χ3n) is 9.03. The van der Waals surface area contributed by atoms with Crippen molar-refractivity contribution in [3.63, 3.8) is 0 Å². The molecule has 2 aromatic carbocycles. The van der Waals surface area contributed by atoms with Crippen molar-refractivity contribution in [2.24, 2.45) is 17.8 Å². The molecule has 13 heteroatoms. The minimum absolute atomic E-state index is 0.00611. The van der Waals surface area contributed by atoms with E-state index in [2.05, 4.69) is 10.3 Å². The normalized spacial score (nSPS) is 19.1. The van der Waals surface area contributed by atoms with Gasteiger partial charge in [0.25, 0.3) is 0 Å². The van der Waals surface area contributed by atoms with Gasteiger partial charge in [0.2, 0.25) is 23.1 Å². The first kappa shape index (κ1) is 41.2. The summed E-state index contributed by atoms with van der Waals surface area (Å²) in [7, 11) is 1.37. The molecule has 54 heavy (non-hydrogen) atoms. The van der Waals surface area contributed by atoms with Crippen LogP contribution in [0.15, 0.2) is 72.9 Å². The smallest absolute Gasteiger partial charge is 0.311 e. The summed E-state index contributed by atoms with van der Waals surface area (Å²) in [6.07, 6.45) is 0.197. The SMILES string of the molecule is COc1ccnc(CN[C@H]2CC(=O)C(=O)[C@H](Cc3ccccc3)[C@H](OC(=O)C(C)C)[C@H](C)C(=O)C2=O)c1OC(=O)CCCCC(=O)OCc1ccccc1. The van der Waals surface area contributed by atoms with Gasteiger partial charge in [-0.3, -0.25) is 38.5 Å². The molecule has 4 atom stereocenters. The van der Waals surface area contributed by atoms with Crippen molar-refractivity contribution in [2.45, 2.75) is 84.6 Å². The number of carbonyl (C=O) groups excluding carboxylic acids is 7. The van der Waals surface area contributed by atoms with E-state index in [1.54, 1.807) is 44.2 Å². The Kier molecular flexibility index (Phi) is 15.3. The molecule has 1 N–H and O–H groups in total. The zero-order valence-corrected chi connectivity index (χ0v) is 30.9. The van der Waals surface area contributed by atoms with Gasteiger partial charge in [0.1, 0.15) is 18.4 Å². The van der Waals surface area contributed by atoms with Crippen molar-refractivity contribution in [2.75, 3.05) is 7.11 Å². The van der Waals surface area contributed by atoms with Gasteiger partial charge in [0.05, 0.1) is 30.9 Å². The van der Waals surface area contributed by atoms with Crippen molar-refractivity contribution in [3.05, 3.63) is 89.7 Å². The van der Waals surface area contributed by atoms with E-state index in [0.717, 1.165) is 5.56 Å². The van der Waals surface area contributed by atoms with Crippen LogP contribution < -0.4 is 14.8 Å². The van der Waals surface area contributed by atoms with Crippen LogP contribution in [0.2, 0.25) is 0 Å². The fourth-order valence-electron chi connectivity index (χ4n) is 5.93. The predicted molar refractivity (Wildman–Crippen MR) is 194 cm³/mol. The second-order valence-corrected chi connectivity index (χ2v) is 13.4. The molecule has 13 nitrogen and oxygen atoms in total. The van der Waals surface area contributed by atoms with Crippen molar-refractivity contribution < 1.29 is 52.5 Å². The maximum Gasteiger partial charge on any atom is 0.311 e. The molecule has 4 rings (SSSR count). The molecular weight excluding hydrogens is 696 g/mol. The molecule has 1 saturated carbocycles. The molecule has 0 aliphatic heterocycles. The van der Waals surface area contributed by atoms with Crippen molar-refractivity contribution in [1.29, 1.82) is 0 Å². The zero-order valence-electron chi connectivity index (χ0n) is 30.9. The van der Waals surface area contributed by atoms with Gasteiger partial charge in [-0.15, -0.1) is 0 Å². The Labute approximate surface area is 314 Å². The molecule has 286 valence electrons. The number of hydrogen-bond acceptors (Lipinski definition) is 13. The maximum absolute atomic E-state index is 13.8. The molecule has 0 saturated heterocycles. The number of pyridine rings is 1. The summed E-state index contributed by atoms with van der Waals surface area (Å²) in [5, 5.41) is 2.87. The molecule has 0 spiro atoms. The summed E-state index contributed by atoms with van der Waals surface area (Å²) < 4.78 is 22.0. The second-order valence-electron chi connectivity index (χ2n) is 13.4. The fraction of sp³-hybridized carbons (Fsp3) is 0.415. The van der Waals surface area contributed by atoms with Crippen LogP contribution >= 0.6 is 0 Å². The maximum atomic E-state index is 13.8. The Morgan fingerprint density at radius 2 is 1.46 bits per heavy atom. The molecule has 1 fully saturated rings. The van der Waals surface area contributed by atoms with Crippen LogP contribution in [0.5, 0.6) is 11.5 Å². The summed E-state index contributed by atoms with van der Waals surface area (Å²) in [5.74, 6) is -8.28. The molecule has 1 heterocycles. The van der Waals surface area contributed by atoms with Gasteiger partial charge in [-0.1, -0.05) is 81.4 Å². The van der Waals surface area contributed by atoms with Gasteiger partial charge in [0.15, 0.2) is 11.5 Å². The number of Topliss-reactive ketones (excluding diaryl/α,β-unsaturated/α-hetero) is 4. The largest absolute Gasteiger partial charge is 0.493 e. The second kappa shape index (κ2) is 20.0. The van der Waals surface area contributed by atoms with Crippen molar-refractivity contribution >= 4 is 41.0 Å². The van der Waals surface area contributed by atoms with Crippen molar-refractivity contribution in [3.8, 4) is 11.5 Å². The number of aromatic nitrogens is 1. The quantitative estimate of drug-likeness (QED) is 0.123. The molecule has 1 aliphatic rings. The number of esters is 3. The van der Waals surface area contributed by atoms with Gasteiger partial charge in [0, 0.05) is 38.1 Å². The topological polar surface area (TPSA) is 181 Å². The number of carbonyl (C=O) groups is 7. The number of ether oxygens (including phenoxy) is 4. The van der Waals surface area contributed by atoms with E-state index in [-0.39, 0.29) is 55.6 Å². The molecule has 3 aromatic rings. The fourth-order valence-corrected chi connectivity index (χ4v) is 5.93. The minimum Gasteiger partial charge on any atom is -0.493 e. The lowest BCUT2D eigenvalue weighted by Crippen LogP contribution is -2.46. The summed E-state index contributed by atoms with van der Waals surface area (Å²) >= 11 is 0. The highest BCUT2D eigenvalue weighted by molar-refractivity contribution is 6.44. The molecule has 0 radical (unpaired) electrons. The van der Waals surface area contributed by atoms with Crippen LogP contribution in [0.25, 0.3) is 0 Å². The Hall–Kier alpha value is -5.56. The van der Waals surface area contributed by atoms with Crippen LogP contribution in [-0.2, 0) is 62.6 Å². The average Bonchev–Trinajstić information content (AvgIpc) is 3.19.